The highest BCUT2D eigenvalue weighted by Gasteiger charge is 2.48. The fourth-order valence-electron chi connectivity index (χ4n) is 3.08. The Kier molecular flexibility index (Phi) is 7.21. The number of benzene rings is 1. The number of hydrogen-bond donors (Lipinski definition) is 5. The summed E-state index contributed by atoms with van der Waals surface area (Å²) in [4.78, 5) is 45.4. The van der Waals surface area contributed by atoms with Gasteiger partial charge in [-0.1, -0.05) is 30.3 Å². The Bertz CT molecular complexity index is 696. The van der Waals surface area contributed by atoms with Gasteiger partial charge in [0.05, 0.1) is 18.5 Å². The zero-order chi connectivity index (χ0) is 20.8. The van der Waals surface area contributed by atoms with Crippen LogP contribution in [0.15, 0.2) is 30.3 Å². The van der Waals surface area contributed by atoms with Crippen molar-refractivity contribution in [2.75, 3.05) is 6.54 Å². The van der Waals surface area contributed by atoms with Crippen molar-refractivity contribution in [1.29, 1.82) is 0 Å². The maximum Gasteiger partial charge on any atom is 0.335 e. The van der Waals surface area contributed by atoms with Crippen molar-refractivity contribution < 1.29 is 39.6 Å². The minimum Gasteiger partial charge on any atom is -0.479 e. The number of piperidine rings is 1. The predicted octanol–water partition coefficient (Wildman–Crippen LogP) is -1.20. The van der Waals surface area contributed by atoms with Crippen LogP contribution in [0.2, 0.25) is 0 Å². The maximum absolute atomic E-state index is 12.2. The summed E-state index contributed by atoms with van der Waals surface area (Å²) in [6.45, 7) is 1.23. The van der Waals surface area contributed by atoms with E-state index in [2.05, 4.69) is 5.32 Å². The first-order chi connectivity index (χ1) is 13.2. The molecule has 2 saturated heterocycles. The Hall–Kier alpha value is -2.82. The van der Waals surface area contributed by atoms with Crippen LogP contribution >= 0.6 is 0 Å². The van der Waals surface area contributed by atoms with Crippen molar-refractivity contribution in [3.8, 4) is 0 Å². The molecule has 2 amide bonds. The smallest absolute Gasteiger partial charge is 0.335 e. The molecule has 0 saturated carbocycles. The Morgan fingerprint density at radius 2 is 1.61 bits per heavy atom. The van der Waals surface area contributed by atoms with Gasteiger partial charge in [0.1, 0.15) is 0 Å². The zero-order valence-electron chi connectivity index (χ0n) is 14.9. The molecule has 10 nitrogen and oxygen atoms in total. The van der Waals surface area contributed by atoms with E-state index in [9.17, 15) is 19.2 Å². The fraction of sp³-hybridized carbons (Fsp3) is 0.444. The number of aliphatic carboxylic acids is 2. The predicted molar refractivity (Wildman–Crippen MR) is 93.8 cm³/mol. The van der Waals surface area contributed by atoms with Crippen LogP contribution in [-0.2, 0) is 25.7 Å². The van der Waals surface area contributed by atoms with Gasteiger partial charge in [0, 0.05) is 0 Å². The third-order valence-electron chi connectivity index (χ3n) is 4.56. The average molecular weight is 394 g/mol. The molecule has 0 radical (unpaired) electrons. The lowest BCUT2D eigenvalue weighted by Crippen LogP contribution is -2.44. The highest BCUT2D eigenvalue weighted by molar-refractivity contribution is 6.07. The first-order valence-electron chi connectivity index (χ1n) is 8.68. The molecule has 1 aromatic carbocycles. The Morgan fingerprint density at radius 3 is 2.11 bits per heavy atom. The number of rotatable bonds is 5. The second kappa shape index (κ2) is 9.40. The van der Waals surface area contributed by atoms with Crippen molar-refractivity contribution in [2.24, 2.45) is 5.92 Å². The first-order valence-corrected chi connectivity index (χ1v) is 8.68. The number of carbonyl (C=O) groups excluding carboxylic acids is 2. The molecule has 10 heteroatoms. The minimum absolute atomic E-state index is 0.0129. The number of amides is 2. The van der Waals surface area contributed by atoms with E-state index in [1.807, 2.05) is 30.3 Å². The normalized spacial score (nSPS) is 23.3. The third kappa shape index (κ3) is 4.91. The van der Waals surface area contributed by atoms with Gasteiger partial charge in [-0.3, -0.25) is 14.5 Å². The minimum atomic E-state index is -2.27. The summed E-state index contributed by atoms with van der Waals surface area (Å²) in [6.07, 6.45) is -2.73. The molecule has 1 aromatic rings. The van der Waals surface area contributed by atoms with E-state index in [-0.39, 0.29) is 23.8 Å². The molecule has 0 spiro atoms. The van der Waals surface area contributed by atoms with E-state index < -0.39 is 24.1 Å². The molecule has 152 valence electrons. The van der Waals surface area contributed by atoms with E-state index in [0.29, 0.717) is 6.54 Å². The quantitative estimate of drug-likeness (QED) is 0.386. The lowest BCUT2D eigenvalue weighted by atomic mass is 9.93. The Balaban J connectivity index is 0.000000242. The number of carboxylic acids is 2. The van der Waals surface area contributed by atoms with Crippen LogP contribution in [0.1, 0.15) is 18.4 Å². The third-order valence-corrected chi connectivity index (χ3v) is 4.56. The molecule has 0 aliphatic carbocycles. The molecule has 3 rings (SSSR count). The molecule has 5 N–H and O–H groups in total. The number of carboxylic acid groups (broad SMARTS) is 2. The number of aliphatic hydroxyl groups is 2. The van der Waals surface area contributed by atoms with Gasteiger partial charge in [0.15, 0.2) is 12.2 Å². The monoisotopic (exact) mass is 394 g/mol. The Labute approximate surface area is 160 Å². The molecule has 2 aliphatic rings. The molecular formula is C18H22N2O8. The number of carbonyl (C=O) groups is 4. The SMILES string of the molecule is O=C(O)C(O)C(O)C(=O)O.O=C1[C@H]2CCCN[C@H]2C(=O)N1Cc1ccccc1. The van der Waals surface area contributed by atoms with Crippen LogP contribution in [0.3, 0.4) is 0 Å². The number of hydrogen-bond acceptors (Lipinski definition) is 7. The second-order valence-corrected chi connectivity index (χ2v) is 6.49. The molecular weight excluding hydrogens is 372 g/mol. The van der Waals surface area contributed by atoms with Crippen molar-refractivity contribution in [2.45, 2.75) is 37.6 Å². The largest absolute Gasteiger partial charge is 0.479 e. The van der Waals surface area contributed by atoms with Gasteiger partial charge in [-0.25, -0.2) is 9.59 Å². The van der Waals surface area contributed by atoms with E-state index >= 15 is 0 Å². The van der Waals surface area contributed by atoms with Gasteiger partial charge in [-0.15, -0.1) is 0 Å². The van der Waals surface area contributed by atoms with Crippen molar-refractivity contribution in [3.63, 3.8) is 0 Å². The molecule has 2 aliphatic heterocycles. The number of nitrogens with one attached hydrogen (secondary N) is 1. The van der Waals surface area contributed by atoms with Crippen LogP contribution in [0.4, 0.5) is 0 Å². The molecule has 28 heavy (non-hydrogen) atoms. The summed E-state index contributed by atoms with van der Waals surface area (Å²) in [7, 11) is 0. The van der Waals surface area contributed by atoms with Crippen LogP contribution < -0.4 is 5.32 Å². The lowest BCUT2D eigenvalue weighted by Gasteiger charge is -2.21. The average Bonchev–Trinajstić information content (AvgIpc) is 2.93. The van der Waals surface area contributed by atoms with Crippen LogP contribution in [0.25, 0.3) is 0 Å². The van der Waals surface area contributed by atoms with Gasteiger partial charge in [0.25, 0.3) is 0 Å². The van der Waals surface area contributed by atoms with E-state index in [1.165, 1.54) is 4.90 Å². The second-order valence-electron chi connectivity index (χ2n) is 6.49. The van der Waals surface area contributed by atoms with Crippen LogP contribution in [0, 0.1) is 5.92 Å². The number of fused-ring (bicyclic) bond motifs is 1. The highest BCUT2D eigenvalue weighted by atomic mass is 16.4. The van der Waals surface area contributed by atoms with Crippen molar-refractivity contribution >= 4 is 23.8 Å². The van der Waals surface area contributed by atoms with E-state index in [4.69, 9.17) is 20.4 Å². The highest BCUT2D eigenvalue weighted by Crippen LogP contribution is 2.28. The summed E-state index contributed by atoms with van der Waals surface area (Å²) in [5.41, 5.74) is 0.998. The molecule has 2 unspecified atom stereocenters. The summed E-state index contributed by atoms with van der Waals surface area (Å²) in [5, 5.41) is 35.7. The zero-order valence-corrected chi connectivity index (χ0v) is 14.9. The van der Waals surface area contributed by atoms with Crippen molar-refractivity contribution in [3.05, 3.63) is 35.9 Å². The van der Waals surface area contributed by atoms with Gasteiger partial charge < -0.3 is 25.7 Å². The summed E-state index contributed by atoms with van der Waals surface area (Å²) < 4.78 is 0. The van der Waals surface area contributed by atoms with Gasteiger partial charge in [-0.2, -0.15) is 0 Å². The molecule has 4 atom stereocenters. The van der Waals surface area contributed by atoms with Crippen molar-refractivity contribution in [1.82, 2.24) is 10.2 Å². The molecule has 0 aromatic heterocycles. The number of imide groups is 1. The fourth-order valence-corrected chi connectivity index (χ4v) is 3.08. The van der Waals surface area contributed by atoms with Gasteiger partial charge >= 0.3 is 11.9 Å². The van der Waals surface area contributed by atoms with Crippen LogP contribution in [-0.4, -0.2) is 73.9 Å². The maximum atomic E-state index is 12.2. The lowest BCUT2D eigenvalue weighted by molar-refractivity contribution is -0.165. The summed E-state index contributed by atoms with van der Waals surface area (Å²) in [6, 6.07) is 9.37. The molecule has 2 heterocycles. The Morgan fingerprint density at radius 1 is 1.04 bits per heavy atom. The number of nitrogens with zero attached hydrogens (tertiary/aromatic N) is 1. The standard InChI is InChI=1S/C14H16N2O2.C4H6O6/c17-13-11-7-4-8-15-12(11)14(18)16(13)9-10-5-2-1-3-6-10;5-1(3(7)8)2(6)4(9)10/h1-3,5-6,11-12,15H,4,7-9H2;1-2,5-6H,(H,7,8)(H,9,10)/t11-,12+;/m0./s1. The van der Waals surface area contributed by atoms with Gasteiger partial charge in [-0.05, 0) is 24.9 Å². The first kappa shape index (κ1) is 21.5. The summed E-state index contributed by atoms with van der Waals surface area (Å²) in [5.74, 6) is -3.76. The van der Waals surface area contributed by atoms with Gasteiger partial charge in [0.2, 0.25) is 11.8 Å². The number of aliphatic hydroxyl groups excluding tert-OH is 2. The summed E-state index contributed by atoms with van der Waals surface area (Å²) >= 11 is 0. The number of likely N-dealkylation sites (tertiary alicyclic amines) is 1. The van der Waals surface area contributed by atoms with E-state index in [0.717, 1.165) is 24.9 Å². The topological polar surface area (TPSA) is 164 Å². The van der Waals surface area contributed by atoms with E-state index in [1.54, 1.807) is 0 Å². The molecule has 0 bridgehead atoms. The molecule has 2 fully saturated rings. The van der Waals surface area contributed by atoms with Crippen LogP contribution in [0.5, 0.6) is 0 Å².